The zero-order chi connectivity index (χ0) is 21.0. The summed E-state index contributed by atoms with van der Waals surface area (Å²) in [5.74, 6) is 0.356. The van der Waals surface area contributed by atoms with Gasteiger partial charge in [0.25, 0.3) is 5.91 Å². The zero-order valence-electron chi connectivity index (χ0n) is 17.1. The number of benzene rings is 2. The molecule has 0 radical (unpaired) electrons. The summed E-state index contributed by atoms with van der Waals surface area (Å²) in [6, 6.07) is 16.4. The van der Waals surface area contributed by atoms with E-state index in [1.807, 2.05) is 24.3 Å². The molecule has 1 saturated heterocycles. The summed E-state index contributed by atoms with van der Waals surface area (Å²) >= 11 is 7.63. The monoisotopic (exact) mass is 450 g/mol. The third-order valence-corrected chi connectivity index (χ3v) is 8.21. The van der Waals surface area contributed by atoms with Gasteiger partial charge in [-0.2, -0.15) is 4.99 Å². The molecule has 2 aromatic rings. The number of amidine groups is 1. The van der Waals surface area contributed by atoms with Crippen molar-refractivity contribution in [2.45, 2.75) is 37.9 Å². The first-order valence-electron chi connectivity index (χ1n) is 10.9. The Morgan fingerprint density at radius 2 is 1.84 bits per heavy atom. The Labute approximate surface area is 191 Å². The van der Waals surface area contributed by atoms with Crippen LogP contribution in [0.15, 0.2) is 58.4 Å². The molecular weight excluding hydrogens is 428 g/mol. The van der Waals surface area contributed by atoms with Crippen molar-refractivity contribution in [2.75, 3.05) is 13.1 Å². The molecule has 158 valence electrons. The minimum absolute atomic E-state index is 0.0976. The second kappa shape index (κ2) is 7.51. The van der Waals surface area contributed by atoms with Crippen LogP contribution in [0.2, 0.25) is 5.02 Å². The molecule has 1 aliphatic carbocycles. The summed E-state index contributed by atoms with van der Waals surface area (Å²) in [6.45, 7) is 2.39. The second-order valence-corrected chi connectivity index (χ2v) is 10.2. The molecule has 6 rings (SSSR count). The van der Waals surface area contributed by atoms with Gasteiger partial charge < -0.3 is 9.64 Å². The van der Waals surface area contributed by atoms with Crippen LogP contribution < -0.4 is 0 Å². The molecule has 2 fully saturated rings. The lowest BCUT2D eigenvalue weighted by atomic mass is 9.84. The minimum Gasteiger partial charge on any atom is -0.365 e. The summed E-state index contributed by atoms with van der Waals surface area (Å²) in [4.78, 5) is 20.4. The molecule has 2 aromatic carbocycles. The number of piperidine rings is 1. The summed E-state index contributed by atoms with van der Waals surface area (Å²) in [5, 5.41) is 1.55. The first-order chi connectivity index (χ1) is 15.1. The predicted octanol–water partition coefficient (Wildman–Crippen LogP) is 5.61. The number of thioether (sulfide) groups is 1. The number of likely N-dealkylation sites (tertiary alicyclic amines) is 1. The molecule has 0 aromatic heterocycles. The van der Waals surface area contributed by atoms with E-state index in [-0.39, 0.29) is 11.5 Å². The molecule has 1 spiro atoms. The van der Waals surface area contributed by atoms with E-state index < -0.39 is 0 Å². The lowest BCUT2D eigenvalue weighted by molar-refractivity contribution is -0.113. The van der Waals surface area contributed by atoms with Crippen LogP contribution in [-0.2, 0) is 21.7 Å². The van der Waals surface area contributed by atoms with Crippen molar-refractivity contribution < 1.29 is 9.53 Å². The Kier molecular flexibility index (Phi) is 4.74. The highest BCUT2D eigenvalue weighted by Crippen LogP contribution is 2.49. The fraction of sp³-hybridized carbons (Fsp3) is 0.360. The van der Waals surface area contributed by atoms with Crippen molar-refractivity contribution in [3.8, 4) is 0 Å². The molecule has 0 N–H and O–H groups in total. The van der Waals surface area contributed by atoms with E-state index in [2.05, 4.69) is 34.2 Å². The maximum atomic E-state index is 12.9. The van der Waals surface area contributed by atoms with Gasteiger partial charge in [0.15, 0.2) is 5.17 Å². The minimum atomic E-state index is -0.178. The first-order valence-corrected chi connectivity index (χ1v) is 12.1. The Balaban J connectivity index is 1.22. The number of halogens is 1. The van der Waals surface area contributed by atoms with Crippen LogP contribution in [0.3, 0.4) is 0 Å². The quantitative estimate of drug-likeness (QED) is 0.557. The SMILES string of the molecule is O=C1N=C(N2CCC3(CC2)OCc2ccccc23)SC1=C(c1ccc(Cl)cc1)C1CC1. The Hall–Kier alpha value is -2.08. The third-order valence-electron chi connectivity index (χ3n) is 6.82. The van der Waals surface area contributed by atoms with E-state index in [0.29, 0.717) is 17.5 Å². The van der Waals surface area contributed by atoms with Gasteiger partial charge in [-0.15, -0.1) is 0 Å². The molecule has 0 bridgehead atoms. The Morgan fingerprint density at radius 3 is 2.58 bits per heavy atom. The second-order valence-electron chi connectivity index (χ2n) is 8.75. The largest absolute Gasteiger partial charge is 0.365 e. The number of hydrogen-bond acceptors (Lipinski definition) is 4. The predicted molar refractivity (Wildman–Crippen MR) is 125 cm³/mol. The first kappa shape index (κ1) is 19.6. The van der Waals surface area contributed by atoms with E-state index in [4.69, 9.17) is 16.3 Å². The molecule has 3 aliphatic heterocycles. The molecular formula is C25H23ClN2O2S. The van der Waals surface area contributed by atoms with Crippen LogP contribution in [0.4, 0.5) is 0 Å². The van der Waals surface area contributed by atoms with Crippen LogP contribution >= 0.6 is 23.4 Å². The number of carbonyl (C=O) groups is 1. The van der Waals surface area contributed by atoms with E-state index in [1.54, 1.807) is 11.8 Å². The zero-order valence-corrected chi connectivity index (χ0v) is 18.7. The average Bonchev–Trinajstić information content (AvgIpc) is 3.47. The standard InChI is InChI=1S/C25H23ClN2O2S/c26-19-9-7-17(8-10-19)21(16-5-6-16)22-23(29)27-24(31-22)28-13-11-25(12-14-28)20-4-2-1-3-18(20)15-30-25/h1-4,7-10,16H,5-6,11-15H2. The summed E-state index contributed by atoms with van der Waals surface area (Å²) in [5.41, 5.74) is 4.70. The topological polar surface area (TPSA) is 41.9 Å². The van der Waals surface area contributed by atoms with Crippen molar-refractivity contribution in [1.82, 2.24) is 4.90 Å². The highest BCUT2D eigenvalue weighted by atomic mass is 35.5. The maximum absolute atomic E-state index is 12.9. The molecule has 0 unspecified atom stereocenters. The van der Waals surface area contributed by atoms with Crippen LogP contribution in [0.5, 0.6) is 0 Å². The summed E-state index contributed by atoms with van der Waals surface area (Å²) in [6.07, 6.45) is 4.11. The van der Waals surface area contributed by atoms with Gasteiger partial charge in [-0.1, -0.05) is 48.0 Å². The smallest absolute Gasteiger partial charge is 0.286 e. The van der Waals surface area contributed by atoms with Gasteiger partial charge in [0.05, 0.1) is 17.1 Å². The van der Waals surface area contributed by atoms with Crippen molar-refractivity contribution in [1.29, 1.82) is 0 Å². The van der Waals surface area contributed by atoms with E-state index in [0.717, 1.165) is 60.0 Å². The number of nitrogens with zero attached hydrogens (tertiary/aromatic N) is 2. The van der Waals surface area contributed by atoms with E-state index in [1.165, 1.54) is 11.1 Å². The van der Waals surface area contributed by atoms with Crippen LogP contribution in [0.1, 0.15) is 42.4 Å². The number of ether oxygens (including phenoxy) is 1. The van der Waals surface area contributed by atoms with Crippen molar-refractivity contribution in [3.05, 3.63) is 75.1 Å². The van der Waals surface area contributed by atoms with Gasteiger partial charge >= 0.3 is 0 Å². The van der Waals surface area contributed by atoms with Gasteiger partial charge in [0, 0.05) is 18.1 Å². The molecule has 4 aliphatic rings. The van der Waals surface area contributed by atoms with Crippen molar-refractivity contribution in [3.63, 3.8) is 0 Å². The van der Waals surface area contributed by atoms with Gasteiger partial charge in [-0.25, -0.2) is 0 Å². The number of hydrogen-bond donors (Lipinski definition) is 0. The normalized spacial score (nSPS) is 23.8. The lowest BCUT2D eigenvalue weighted by Gasteiger charge is -2.39. The van der Waals surface area contributed by atoms with Crippen LogP contribution in [-0.4, -0.2) is 29.1 Å². The van der Waals surface area contributed by atoms with Crippen LogP contribution in [0.25, 0.3) is 5.57 Å². The number of carbonyl (C=O) groups excluding carboxylic acids is 1. The summed E-state index contributed by atoms with van der Waals surface area (Å²) in [7, 11) is 0. The van der Waals surface area contributed by atoms with E-state index in [9.17, 15) is 4.79 Å². The molecule has 0 atom stereocenters. The highest BCUT2D eigenvalue weighted by Gasteiger charge is 2.44. The fourth-order valence-corrected chi connectivity index (χ4v) is 6.29. The Morgan fingerprint density at radius 1 is 1.10 bits per heavy atom. The number of amides is 1. The average molecular weight is 451 g/mol. The molecule has 6 heteroatoms. The molecule has 31 heavy (non-hydrogen) atoms. The van der Waals surface area contributed by atoms with Gasteiger partial charge in [-0.05, 0) is 77.8 Å². The molecule has 4 nitrogen and oxygen atoms in total. The number of rotatable bonds is 2. The molecule has 3 heterocycles. The Bertz CT molecular complexity index is 1110. The molecule has 1 amide bonds. The van der Waals surface area contributed by atoms with Gasteiger partial charge in [-0.3, -0.25) is 4.79 Å². The van der Waals surface area contributed by atoms with Gasteiger partial charge in [0.2, 0.25) is 0 Å². The van der Waals surface area contributed by atoms with Gasteiger partial charge in [0.1, 0.15) is 0 Å². The molecule has 1 saturated carbocycles. The van der Waals surface area contributed by atoms with Crippen molar-refractivity contribution in [2.24, 2.45) is 10.9 Å². The maximum Gasteiger partial charge on any atom is 0.286 e. The number of allylic oxidation sites excluding steroid dienone is 1. The van der Waals surface area contributed by atoms with Crippen molar-refractivity contribution >= 4 is 40.0 Å². The highest BCUT2D eigenvalue weighted by molar-refractivity contribution is 8.18. The van der Waals surface area contributed by atoms with E-state index >= 15 is 0 Å². The number of fused-ring (bicyclic) bond motifs is 2. The fourth-order valence-electron chi connectivity index (χ4n) is 5.01. The summed E-state index contributed by atoms with van der Waals surface area (Å²) < 4.78 is 6.29. The number of aliphatic imine (C=N–C) groups is 1. The third kappa shape index (κ3) is 3.43. The van der Waals surface area contributed by atoms with Crippen LogP contribution in [0, 0.1) is 5.92 Å². The lowest BCUT2D eigenvalue weighted by Crippen LogP contribution is -2.44.